The van der Waals surface area contributed by atoms with Crippen LogP contribution in [0.5, 0.6) is 11.5 Å². The SMILES string of the molecule is Cc1ccccc1OCC(=O)N1CCO[C@@](COc2ccc(Cl)cc2)(CC(N)=O)C1. The van der Waals surface area contributed by atoms with E-state index in [-0.39, 0.29) is 38.7 Å². The highest BCUT2D eigenvalue weighted by Gasteiger charge is 2.41. The van der Waals surface area contributed by atoms with Gasteiger partial charge in [-0.05, 0) is 42.8 Å². The molecule has 0 aliphatic carbocycles. The van der Waals surface area contributed by atoms with Gasteiger partial charge in [0, 0.05) is 11.6 Å². The third kappa shape index (κ3) is 5.87. The molecule has 2 N–H and O–H groups in total. The maximum atomic E-state index is 12.7. The molecule has 0 unspecified atom stereocenters. The Morgan fingerprint density at radius 3 is 2.60 bits per heavy atom. The number of ether oxygens (including phenoxy) is 3. The summed E-state index contributed by atoms with van der Waals surface area (Å²) in [6.45, 7) is 2.74. The third-order valence-corrected chi connectivity index (χ3v) is 5.11. The van der Waals surface area contributed by atoms with E-state index >= 15 is 0 Å². The molecule has 0 saturated carbocycles. The first-order chi connectivity index (χ1) is 14.4. The van der Waals surface area contributed by atoms with E-state index in [4.69, 9.17) is 31.5 Å². The van der Waals surface area contributed by atoms with E-state index in [1.165, 1.54) is 0 Å². The number of rotatable bonds is 8. The monoisotopic (exact) mass is 432 g/mol. The molecular formula is C22H25ClN2O5. The topological polar surface area (TPSA) is 91.1 Å². The fraction of sp³-hybridized carbons (Fsp3) is 0.364. The second-order valence-corrected chi connectivity index (χ2v) is 7.72. The van der Waals surface area contributed by atoms with Crippen LogP contribution in [0.25, 0.3) is 0 Å². The zero-order valence-electron chi connectivity index (χ0n) is 16.8. The molecule has 1 saturated heterocycles. The quantitative estimate of drug-likeness (QED) is 0.692. The summed E-state index contributed by atoms with van der Waals surface area (Å²) in [5.41, 5.74) is 5.38. The number of carbonyl (C=O) groups excluding carboxylic acids is 2. The van der Waals surface area contributed by atoms with E-state index in [0.717, 1.165) is 5.56 Å². The lowest BCUT2D eigenvalue weighted by molar-refractivity contribution is -0.163. The lowest BCUT2D eigenvalue weighted by Gasteiger charge is -2.41. The van der Waals surface area contributed by atoms with Crippen molar-refractivity contribution in [3.05, 3.63) is 59.1 Å². The van der Waals surface area contributed by atoms with Crippen LogP contribution in [0.1, 0.15) is 12.0 Å². The zero-order valence-corrected chi connectivity index (χ0v) is 17.6. The molecule has 2 amide bonds. The summed E-state index contributed by atoms with van der Waals surface area (Å²) < 4.78 is 17.4. The van der Waals surface area contributed by atoms with Crippen LogP contribution in [0, 0.1) is 6.92 Å². The Hall–Kier alpha value is -2.77. The lowest BCUT2D eigenvalue weighted by Crippen LogP contribution is -2.58. The van der Waals surface area contributed by atoms with Gasteiger partial charge in [-0.15, -0.1) is 0 Å². The van der Waals surface area contributed by atoms with Gasteiger partial charge < -0.3 is 24.8 Å². The van der Waals surface area contributed by atoms with Gasteiger partial charge in [0.1, 0.15) is 23.7 Å². The van der Waals surface area contributed by atoms with Gasteiger partial charge in [0.15, 0.2) is 6.61 Å². The average molecular weight is 433 g/mol. The molecule has 7 nitrogen and oxygen atoms in total. The number of nitrogens with zero attached hydrogens (tertiary/aromatic N) is 1. The van der Waals surface area contributed by atoms with Gasteiger partial charge in [0.2, 0.25) is 5.91 Å². The molecular weight excluding hydrogens is 408 g/mol. The van der Waals surface area contributed by atoms with Gasteiger partial charge in [0.05, 0.1) is 19.6 Å². The van der Waals surface area contributed by atoms with Crippen molar-refractivity contribution < 1.29 is 23.8 Å². The fourth-order valence-corrected chi connectivity index (χ4v) is 3.44. The number of halogens is 1. The first kappa shape index (κ1) is 21.9. The van der Waals surface area contributed by atoms with E-state index in [1.807, 2.05) is 31.2 Å². The molecule has 0 radical (unpaired) electrons. The van der Waals surface area contributed by atoms with Crippen molar-refractivity contribution >= 4 is 23.4 Å². The maximum Gasteiger partial charge on any atom is 0.260 e. The van der Waals surface area contributed by atoms with Crippen LogP contribution in [-0.2, 0) is 14.3 Å². The molecule has 0 aromatic heterocycles. The van der Waals surface area contributed by atoms with Crippen LogP contribution in [0.15, 0.2) is 48.5 Å². The van der Waals surface area contributed by atoms with E-state index in [9.17, 15) is 9.59 Å². The molecule has 8 heteroatoms. The maximum absolute atomic E-state index is 12.7. The van der Waals surface area contributed by atoms with Crippen molar-refractivity contribution in [1.82, 2.24) is 4.90 Å². The number of nitrogens with two attached hydrogens (primary N) is 1. The number of carbonyl (C=O) groups is 2. The summed E-state index contributed by atoms with van der Waals surface area (Å²) in [5, 5.41) is 0.591. The second kappa shape index (κ2) is 9.82. The third-order valence-electron chi connectivity index (χ3n) is 4.86. The first-order valence-corrected chi connectivity index (χ1v) is 10.0. The smallest absolute Gasteiger partial charge is 0.260 e. The number of hydrogen-bond acceptors (Lipinski definition) is 5. The number of para-hydroxylation sites is 1. The molecule has 0 bridgehead atoms. The highest BCUT2D eigenvalue weighted by atomic mass is 35.5. The summed E-state index contributed by atoms with van der Waals surface area (Å²) in [7, 11) is 0. The standard InChI is InChI=1S/C22H25ClN2O5/c1-16-4-2-3-5-19(16)28-13-21(27)25-10-11-30-22(14-25,12-20(24)26)15-29-18-8-6-17(23)7-9-18/h2-9H,10-15H2,1H3,(H2,24,26)/t22-/m0/s1. The molecule has 30 heavy (non-hydrogen) atoms. The molecule has 2 aromatic carbocycles. The molecule has 1 fully saturated rings. The molecule has 1 aliphatic rings. The Balaban J connectivity index is 1.65. The van der Waals surface area contributed by atoms with E-state index in [2.05, 4.69) is 0 Å². The van der Waals surface area contributed by atoms with Crippen LogP contribution < -0.4 is 15.2 Å². The largest absolute Gasteiger partial charge is 0.490 e. The number of amides is 2. The minimum Gasteiger partial charge on any atom is -0.490 e. The minimum absolute atomic E-state index is 0.0664. The van der Waals surface area contributed by atoms with Gasteiger partial charge in [-0.25, -0.2) is 0 Å². The number of primary amides is 1. The Labute approximate surface area is 180 Å². The number of hydrogen-bond donors (Lipinski definition) is 1. The first-order valence-electron chi connectivity index (χ1n) is 9.64. The Morgan fingerprint density at radius 1 is 1.17 bits per heavy atom. The Kier molecular flexibility index (Phi) is 7.18. The molecule has 1 atom stereocenters. The van der Waals surface area contributed by atoms with E-state index in [1.54, 1.807) is 29.2 Å². The van der Waals surface area contributed by atoms with Gasteiger partial charge >= 0.3 is 0 Å². The Morgan fingerprint density at radius 2 is 1.90 bits per heavy atom. The Bertz CT molecular complexity index is 889. The van der Waals surface area contributed by atoms with Gasteiger partial charge in [-0.3, -0.25) is 9.59 Å². The van der Waals surface area contributed by atoms with E-state index < -0.39 is 11.5 Å². The summed E-state index contributed by atoms with van der Waals surface area (Å²) >= 11 is 5.90. The molecule has 1 aliphatic heterocycles. The molecule has 2 aromatic rings. The van der Waals surface area contributed by atoms with Crippen molar-refractivity contribution in [2.45, 2.75) is 18.9 Å². The van der Waals surface area contributed by atoms with Crippen molar-refractivity contribution in [2.24, 2.45) is 5.73 Å². The normalized spacial score (nSPS) is 18.7. The number of morpholine rings is 1. The zero-order chi connectivity index (χ0) is 21.6. The lowest BCUT2D eigenvalue weighted by atomic mass is 9.97. The highest BCUT2D eigenvalue weighted by Crippen LogP contribution is 2.25. The molecule has 0 spiro atoms. The van der Waals surface area contributed by atoms with E-state index in [0.29, 0.717) is 23.1 Å². The number of aryl methyl sites for hydroxylation is 1. The average Bonchev–Trinajstić information content (AvgIpc) is 2.72. The minimum atomic E-state index is -1.03. The summed E-state index contributed by atoms with van der Waals surface area (Å²) in [5.74, 6) is 0.522. The molecule has 3 rings (SSSR count). The number of benzene rings is 2. The van der Waals surface area contributed by atoms with Crippen molar-refractivity contribution in [2.75, 3.05) is 32.9 Å². The summed E-state index contributed by atoms with van der Waals surface area (Å²) in [4.78, 5) is 26.1. The van der Waals surface area contributed by atoms with Crippen molar-refractivity contribution in [3.8, 4) is 11.5 Å². The van der Waals surface area contributed by atoms with Crippen molar-refractivity contribution in [3.63, 3.8) is 0 Å². The van der Waals surface area contributed by atoms with Crippen LogP contribution in [0.4, 0.5) is 0 Å². The summed E-state index contributed by atoms with van der Waals surface area (Å²) in [6, 6.07) is 14.4. The van der Waals surface area contributed by atoms with Gasteiger partial charge in [-0.2, -0.15) is 0 Å². The highest BCUT2D eigenvalue weighted by molar-refractivity contribution is 6.30. The summed E-state index contributed by atoms with van der Waals surface area (Å²) in [6.07, 6.45) is -0.0664. The second-order valence-electron chi connectivity index (χ2n) is 7.29. The van der Waals surface area contributed by atoms with Crippen molar-refractivity contribution in [1.29, 1.82) is 0 Å². The fourth-order valence-electron chi connectivity index (χ4n) is 3.32. The molecule has 1 heterocycles. The van der Waals surface area contributed by atoms with Crippen LogP contribution >= 0.6 is 11.6 Å². The van der Waals surface area contributed by atoms with Gasteiger partial charge in [0.25, 0.3) is 5.91 Å². The van der Waals surface area contributed by atoms with Gasteiger partial charge in [-0.1, -0.05) is 29.8 Å². The predicted octanol–water partition coefficient (Wildman–Crippen LogP) is 2.58. The van der Waals surface area contributed by atoms with Crippen LogP contribution in [0.3, 0.4) is 0 Å². The van der Waals surface area contributed by atoms with Crippen LogP contribution in [-0.4, -0.2) is 55.2 Å². The van der Waals surface area contributed by atoms with Crippen LogP contribution in [0.2, 0.25) is 5.02 Å². The molecule has 160 valence electrons. The predicted molar refractivity (Wildman–Crippen MR) is 113 cm³/mol.